The van der Waals surface area contributed by atoms with E-state index in [0.717, 1.165) is 13.0 Å². The van der Waals surface area contributed by atoms with E-state index in [4.69, 9.17) is 5.11 Å². The number of rotatable bonds is 1. The minimum atomic E-state index is -0.169. The van der Waals surface area contributed by atoms with Gasteiger partial charge in [0.25, 0.3) is 0 Å². The van der Waals surface area contributed by atoms with Crippen molar-refractivity contribution in [2.45, 2.75) is 31.9 Å². The zero-order valence-electron chi connectivity index (χ0n) is 5.63. The van der Waals surface area contributed by atoms with E-state index in [1.807, 2.05) is 6.92 Å². The molecule has 1 heterocycles. The van der Waals surface area contributed by atoms with Crippen LogP contribution < -0.4 is 5.32 Å². The summed E-state index contributed by atoms with van der Waals surface area (Å²) in [5.41, 5.74) is 0. The van der Waals surface area contributed by atoms with E-state index >= 15 is 0 Å². The first-order valence-electron chi connectivity index (χ1n) is 3.22. The number of hydrogen-bond donors (Lipinski definition) is 2. The van der Waals surface area contributed by atoms with E-state index in [2.05, 4.69) is 5.32 Å². The predicted molar refractivity (Wildman–Crippen MR) is 40.0 cm³/mol. The molecule has 2 nitrogen and oxygen atoms in total. The first kappa shape index (κ1) is 9.21. The maximum absolute atomic E-state index is 8.99. The molecule has 0 bridgehead atoms. The summed E-state index contributed by atoms with van der Waals surface area (Å²) in [6.45, 7) is 2.92. The molecule has 1 aliphatic rings. The van der Waals surface area contributed by atoms with Crippen molar-refractivity contribution >= 4 is 12.4 Å². The van der Waals surface area contributed by atoms with Crippen LogP contribution in [0.2, 0.25) is 0 Å². The maximum Gasteiger partial charge on any atom is 0.0665 e. The van der Waals surface area contributed by atoms with E-state index in [1.165, 1.54) is 6.42 Å². The fourth-order valence-corrected chi connectivity index (χ4v) is 1.12. The Morgan fingerprint density at radius 2 is 2.33 bits per heavy atom. The average Bonchev–Trinajstić information content (AvgIpc) is 2.12. The fraction of sp³-hybridized carbons (Fsp3) is 1.00. The van der Waals surface area contributed by atoms with Crippen molar-refractivity contribution in [2.24, 2.45) is 0 Å². The van der Waals surface area contributed by atoms with Crippen molar-refractivity contribution in [3.63, 3.8) is 0 Å². The van der Waals surface area contributed by atoms with Crippen molar-refractivity contribution in [1.29, 1.82) is 0 Å². The molecule has 56 valence electrons. The van der Waals surface area contributed by atoms with Gasteiger partial charge in [-0.2, -0.15) is 0 Å². The van der Waals surface area contributed by atoms with Crippen LogP contribution in [0.25, 0.3) is 0 Å². The monoisotopic (exact) mass is 151 g/mol. The summed E-state index contributed by atoms with van der Waals surface area (Å²) < 4.78 is 0. The maximum atomic E-state index is 8.99. The Morgan fingerprint density at radius 1 is 1.67 bits per heavy atom. The van der Waals surface area contributed by atoms with Gasteiger partial charge < -0.3 is 10.4 Å². The number of aliphatic hydroxyl groups excluding tert-OH is 1. The lowest BCUT2D eigenvalue weighted by atomic mass is 10.1. The van der Waals surface area contributed by atoms with Crippen LogP contribution >= 0.6 is 12.4 Å². The van der Waals surface area contributed by atoms with Crippen molar-refractivity contribution in [3.05, 3.63) is 0 Å². The highest BCUT2D eigenvalue weighted by Gasteiger charge is 2.17. The lowest BCUT2D eigenvalue weighted by molar-refractivity contribution is 0.154. The average molecular weight is 152 g/mol. The summed E-state index contributed by atoms with van der Waals surface area (Å²) in [5.74, 6) is 0. The third kappa shape index (κ3) is 2.52. The Balaban J connectivity index is 0.000000640. The third-order valence-corrected chi connectivity index (χ3v) is 1.68. The van der Waals surface area contributed by atoms with E-state index in [1.54, 1.807) is 0 Å². The second kappa shape index (κ2) is 4.09. The third-order valence-electron chi connectivity index (χ3n) is 1.68. The van der Waals surface area contributed by atoms with Gasteiger partial charge in [-0.3, -0.25) is 0 Å². The second-order valence-electron chi connectivity index (χ2n) is 2.44. The van der Waals surface area contributed by atoms with Gasteiger partial charge in [-0.1, -0.05) is 0 Å². The Labute approximate surface area is 62.1 Å². The van der Waals surface area contributed by atoms with Crippen LogP contribution in [-0.2, 0) is 0 Å². The highest BCUT2D eigenvalue weighted by Crippen LogP contribution is 2.07. The molecule has 1 saturated heterocycles. The first-order chi connectivity index (χ1) is 3.80. The largest absolute Gasteiger partial charge is 0.392 e. The molecule has 1 aliphatic heterocycles. The molecule has 0 aromatic heterocycles. The molecule has 0 radical (unpaired) electrons. The lowest BCUT2D eigenvalue weighted by Crippen LogP contribution is -2.32. The van der Waals surface area contributed by atoms with E-state index in [-0.39, 0.29) is 18.5 Å². The minimum Gasteiger partial charge on any atom is -0.392 e. The summed E-state index contributed by atoms with van der Waals surface area (Å²) in [5, 5.41) is 12.2. The van der Waals surface area contributed by atoms with Crippen molar-refractivity contribution < 1.29 is 5.11 Å². The van der Waals surface area contributed by atoms with Gasteiger partial charge in [0.2, 0.25) is 0 Å². The molecule has 3 heteroatoms. The van der Waals surface area contributed by atoms with Crippen LogP contribution in [0.5, 0.6) is 0 Å². The Kier molecular flexibility index (Phi) is 4.19. The van der Waals surface area contributed by atoms with Crippen LogP contribution in [-0.4, -0.2) is 23.8 Å². The zero-order chi connectivity index (χ0) is 5.98. The van der Waals surface area contributed by atoms with Crippen LogP contribution in [0, 0.1) is 0 Å². The van der Waals surface area contributed by atoms with E-state index < -0.39 is 0 Å². The van der Waals surface area contributed by atoms with Gasteiger partial charge in [-0.25, -0.2) is 0 Å². The molecule has 1 rings (SSSR count). The summed E-state index contributed by atoms with van der Waals surface area (Å²) in [6, 6.07) is 0.370. The van der Waals surface area contributed by atoms with Gasteiger partial charge >= 0.3 is 0 Å². The summed E-state index contributed by atoms with van der Waals surface area (Å²) in [7, 11) is 0. The van der Waals surface area contributed by atoms with Gasteiger partial charge in [-0.15, -0.1) is 12.4 Å². The summed E-state index contributed by atoms with van der Waals surface area (Å²) >= 11 is 0. The molecule has 2 atom stereocenters. The van der Waals surface area contributed by atoms with Gasteiger partial charge in [0, 0.05) is 6.04 Å². The normalized spacial score (nSPS) is 29.3. The zero-order valence-corrected chi connectivity index (χ0v) is 6.45. The highest BCUT2D eigenvalue weighted by molar-refractivity contribution is 5.85. The van der Waals surface area contributed by atoms with Gasteiger partial charge in [0.05, 0.1) is 6.10 Å². The predicted octanol–water partition coefficient (Wildman–Crippen LogP) is 0.541. The number of hydrogen-bond acceptors (Lipinski definition) is 2. The molecule has 2 N–H and O–H groups in total. The van der Waals surface area contributed by atoms with Crippen LogP contribution in [0.3, 0.4) is 0 Å². The van der Waals surface area contributed by atoms with Crippen LogP contribution in [0.4, 0.5) is 0 Å². The van der Waals surface area contributed by atoms with Crippen molar-refractivity contribution in [1.82, 2.24) is 5.32 Å². The standard InChI is InChI=1S/C6H13NO.ClH/c1-5(8)6-3-2-4-7-6;/h5-8H,2-4H2,1H3;1H. The van der Waals surface area contributed by atoms with Gasteiger partial charge in [0.15, 0.2) is 0 Å². The molecule has 1 fully saturated rings. The molecular weight excluding hydrogens is 138 g/mol. The molecule has 0 amide bonds. The topological polar surface area (TPSA) is 32.3 Å². The smallest absolute Gasteiger partial charge is 0.0665 e. The quantitative estimate of drug-likeness (QED) is 0.574. The fourth-order valence-electron chi connectivity index (χ4n) is 1.12. The van der Waals surface area contributed by atoms with Crippen LogP contribution in [0.15, 0.2) is 0 Å². The number of halogens is 1. The molecule has 9 heavy (non-hydrogen) atoms. The summed E-state index contributed by atoms with van der Waals surface area (Å²) in [6.07, 6.45) is 2.19. The van der Waals surface area contributed by atoms with Crippen molar-refractivity contribution in [2.75, 3.05) is 6.54 Å². The first-order valence-corrected chi connectivity index (χ1v) is 3.22. The molecule has 0 saturated carbocycles. The van der Waals surface area contributed by atoms with Crippen molar-refractivity contribution in [3.8, 4) is 0 Å². The Bertz CT molecular complexity index is 71.5. The minimum absolute atomic E-state index is 0. The molecule has 0 spiro atoms. The lowest BCUT2D eigenvalue weighted by Gasteiger charge is -2.11. The second-order valence-corrected chi connectivity index (χ2v) is 2.44. The molecule has 0 aromatic carbocycles. The molecule has 2 unspecified atom stereocenters. The molecule has 0 aromatic rings. The van der Waals surface area contributed by atoms with E-state index in [9.17, 15) is 0 Å². The highest BCUT2D eigenvalue weighted by atomic mass is 35.5. The Morgan fingerprint density at radius 3 is 2.56 bits per heavy atom. The summed E-state index contributed by atoms with van der Waals surface area (Å²) in [4.78, 5) is 0. The Hall–Kier alpha value is 0.210. The van der Waals surface area contributed by atoms with E-state index in [0.29, 0.717) is 6.04 Å². The number of nitrogens with one attached hydrogen (secondary N) is 1. The van der Waals surface area contributed by atoms with Crippen LogP contribution in [0.1, 0.15) is 19.8 Å². The number of aliphatic hydroxyl groups is 1. The molecule has 0 aliphatic carbocycles. The molecular formula is C6H14ClNO. The SMILES string of the molecule is CC(O)C1CCCN1.Cl. The van der Waals surface area contributed by atoms with Gasteiger partial charge in [0.1, 0.15) is 0 Å². The van der Waals surface area contributed by atoms with Gasteiger partial charge in [-0.05, 0) is 26.3 Å².